The highest BCUT2D eigenvalue weighted by molar-refractivity contribution is 5.90. The molecule has 168 valence electrons. The molecule has 1 saturated heterocycles. The first-order chi connectivity index (χ1) is 16.3. The smallest absolute Gasteiger partial charge is 0.213 e. The van der Waals surface area contributed by atoms with Crippen molar-refractivity contribution in [3.63, 3.8) is 0 Å². The van der Waals surface area contributed by atoms with Crippen LogP contribution in [0, 0.1) is 6.92 Å². The summed E-state index contributed by atoms with van der Waals surface area (Å²) >= 11 is 0. The quantitative estimate of drug-likeness (QED) is 0.302. The zero-order valence-corrected chi connectivity index (χ0v) is 20.4. The van der Waals surface area contributed by atoms with Crippen molar-refractivity contribution in [1.82, 2.24) is 0 Å². The molecule has 2 heterocycles. The fourth-order valence-corrected chi connectivity index (χ4v) is 5.16. The van der Waals surface area contributed by atoms with E-state index in [2.05, 4.69) is 96.4 Å². The zero-order chi connectivity index (χ0) is 23.9. The number of piperidine rings is 1. The molecule has 1 aliphatic heterocycles. The summed E-state index contributed by atoms with van der Waals surface area (Å²) < 4.78 is 11.0. The maximum Gasteiger partial charge on any atom is 0.213 e. The maximum atomic E-state index is 8.86. The molecule has 1 aliphatic rings. The van der Waals surface area contributed by atoms with Crippen molar-refractivity contribution < 1.29 is 5.94 Å². The molecule has 2 nitrogen and oxygen atoms in total. The van der Waals surface area contributed by atoms with Gasteiger partial charge in [0.05, 0.1) is 0 Å². The molecule has 0 unspecified atom stereocenters. The van der Waals surface area contributed by atoms with Gasteiger partial charge in [0.1, 0.15) is 7.05 Å². The molecule has 0 radical (unpaired) electrons. The van der Waals surface area contributed by atoms with E-state index in [9.17, 15) is 0 Å². The second-order valence-electron chi connectivity index (χ2n) is 9.71. The second kappa shape index (κ2) is 9.02. The molecule has 5 rings (SSSR count). The van der Waals surface area contributed by atoms with Crippen LogP contribution < -0.4 is 9.47 Å². The van der Waals surface area contributed by atoms with Gasteiger partial charge in [-0.3, -0.25) is 0 Å². The highest BCUT2D eigenvalue weighted by Gasteiger charge is 2.20. The minimum absolute atomic E-state index is 0.704. The summed E-state index contributed by atoms with van der Waals surface area (Å²) in [7, 11) is 2.09. The lowest BCUT2D eigenvalue weighted by molar-refractivity contribution is -0.660. The minimum atomic E-state index is -0.704. The number of aromatic nitrogens is 1. The van der Waals surface area contributed by atoms with Gasteiger partial charge in [-0.25, -0.2) is 4.57 Å². The number of anilines is 1. The Hall–Kier alpha value is -3.13. The average Bonchev–Trinajstić information content (AvgIpc) is 2.84. The van der Waals surface area contributed by atoms with E-state index in [0.717, 1.165) is 24.2 Å². The molecule has 0 aliphatic carbocycles. The van der Waals surface area contributed by atoms with Gasteiger partial charge in [-0.2, -0.15) is 0 Å². The van der Waals surface area contributed by atoms with Gasteiger partial charge >= 0.3 is 0 Å². The fraction of sp³-hybridized carbons (Fsp3) is 0.323. The van der Waals surface area contributed by atoms with Crippen LogP contribution in [-0.4, -0.2) is 13.1 Å². The molecule has 33 heavy (non-hydrogen) atoms. The Balaban J connectivity index is 1.63. The Kier molecular flexibility index (Phi) is 5.59. The van der Waals surface area contributed by atoms with Gasteiger partial charge in [0.2, 0.25) is 5.69 Å². The van der Waals surface area contributed by atoms with Crippen LogP contribution >= 0.6 is 0 Å². The third kappa shape index (κ3) is 4.27. The molecule has 0 amide bonds. The van der Waals surface area contributed by atoms with Crippen molar-refractivity contribution in [1.29, 1.82) is 0 Å². The van der Waals surface area contributed by atoms with E-state index in [-0.39, 0.29) is 0 Å². The van der Waals surface area contributed by atoms with E-state index in [0.29, 0.717) is 0 Å². The maximum absolute atomic E-state index is 8.86. The summed E-state index contributed by atoms with van der Waals surface area (Å²) in [4.78, 5) is 2.52. The van der Waals surface area contributed by atoms with Gasteiger partial charge < -0.3 is 4.90 Å². The van der Waals surface area contributed by atoms with Gasteiger partial charge in [-0.05, 0) is 83.8 Å². The molecular weight excluding hydrogens is 400 g/mol. The first kappa shape index (κ1) is 20.5. The van der Waals surface area contributed by atoms with Crippen molar-refractivity contribution in [3.8, 4) is 22.4 Å². The number of rotatable bonds is 4. The summed E-state index contributed by atoms with van der Waals surface area (Å²) in [6.45, 7) is 8.44. The van der Waals surface area contributed by atoms with Crippen molar-refractivity contribution in [3.05, 3.63) is 84.1 Å². The Bertz CT molecular complexity index is 1340. The van der Waals surface area contributed by atoms with Gasteiger partial charge in [-0.15, -0.1) is 0 Å². The van der Waals surface area contributed by atoms with E-state index in [1.165, 1.54) is 58.1 Å². The second-order valence-corrected chi connectivity index (χ2v) is 9.71. The predicted molar refractivity (Wildman–Crippen MR) is 141 cm³/mol. The average molecular weight is 437 g/mol. The molecule has 2 heteroatoms. The minimum Gasteiger partial charge on any atom is -0.372 e. The highest BCUT2D eigenvalue weighted by Crippen LogP contribution is 2.34. The molecule has 0 spiro atoms. The topological polar surface area (TPSA) is 7.12 Å². The van der Waals surface area contributed by atoms with Crippen LogP contribution in [0.25, 0.3) is 33.2 Å². The predicted octanol–water partition coefficient (Wildman–Crippen LogP) is 7.42. The molecule has 0 N–H and O–H groups in total. The van der Waals surface area contributed by atoms with Crippen LogP contribution in [0.3, 0.4) is 0 Å². The SMILES string of the molecule is [2H]C(C)(C)c1c[n+](C)c(-c2ccccc2C)cc1-c1ccc2cc(N3CCCCC3)ccc2c1. The molecule has 0 bridgehead atoms. The van der Waals surface area contributed by atoms with Crippen LogP contribution in [0.1, 0.15) is 51.5 Å². The van der Waals surface area contributed by atoms with Crippen LogP contribution in [0.15, 0.2) is 72.9 Å². The molecule has 0 atom stereocenters. The van der Waals surface area contributed by atoms with Crippen molar-refractivity contribution in [2.24, 2.45) is 7.05 Å². The first-order valence-electron chi connectivity index (χ1n) is 12.7. The lowest BCUT2D eigenvalue weighted by Gasteiger charge is -2.29. The monoisotopic (exact) mass is 436 g/mol. The Morgan fingerprint density at radius 2 is 1.58 bits per heavy atom. The van der Waals surface area contributed by atoms with Crippen molar-refractivity contribution in [2.45, 2.75) is 45.9 Å². The summed E-state index contributed by atoms with van der Waals surface area (Å²) in [6.07, 6.45) is 6.07. The summed E-state index contributed by atoms with van der Waals surface area (Å²) in [5, 5.41) is 2.52. The lowest BCUT2D eigenvalue weighted by Crippen LogP contribution is -2.32. The third-order valence-electron chi connectivity index (χ3n) is 7.09. The lowest BCUT2D eigenvalue weighted by atomic mass is 9.91. The van der Waals surface area contributed by atoms with Crippen LogP contribution in [0.4, 0.5) is 5.69 Å². The van der Waals surface area contributed by atoms with Crippen LogP contribution in [0.5, 0.6) is 0 Å². The van der Waals surface area contributed by atoms with E-state index in [1.807, 2.05) is 13.8 Å². The van der Waals surface area contributed by atoms with Gasteiger partial charge in [-0.1, -0.05) is 50.2 Å². The van der Waals surface area contributed by atoms with Crippen LogP contribution in [0.2, 0.25) is 0 Å². The number of pyridine rings is 1. The number of hydrogen-bond donors (Lipinski definition) is 0. The van der Waals surface area contributed by atoms with E-state index in [4.69, 9.17) is 1.37 Å². The molecule has 3 aromatic carbocycles. The van der Waals surface area contributed by atoms with Crippen molar-refractivity contribution >= 4 is 16.5 Å². The number of aryl methyl sites for hydroxylation is 2. The first-order valence-corrected chi connectivity index (χ1v) is 12.2. The number of hydrogen-bond acceptors (Lipinski definition) is 1. The van der Waals surface area contributed by atoms with Gasteiger partial charge in [0, 0.05) is 37.3 Å². The Morgan fingerprint density at radius 1 is 0.848 bits per heavy atom. The van der Waals surface area contributed by atoms with Crippen molar-refractivity contribution in [2.75, 3.05) is 18.0 Å². The molecule has 1 aromatic heterocycles. The number of benzene rings is 3. The third-order valence-corrected chi connectivity index (χ3v) is 7.09. The normalized spacial score (nSPS) is 15.0. The largest absolute Gasteiger partial charge is 0.372 e. The standard InChI is InChI=1S/C31H35N2/c1-22(2)30-21-32(4)31(28-11-7-6-10-23(28)3)20-29(30)26-13-12-25-19-27(15-14-24(25)18-26)33-16-8-5-9-17-33/h6-7,10-15,18-22H,5,8-9,16-17H2,1-4H3/q+1/i22D. The van der Waals surface area contributed by atoms with E-state index >= 15 is 0 Å². The molecule has 0 saturated carbocycles. The van der Waals surface area contributed by atoms with E-state index in [1.54, 1.807) is 0 Å². The fourth-order valence-electron chi connectivity index (χ4n) is 5.16. The zero-order valence-electron chi connectivity index (χ0n) is 21.4. The number of nitrogens with zero attached hydrogens (tertiary/aromatic N) is 2. The Morgan fingerprint density at radius 3 is 2.33 bits per heavy atom. The van der Waals surface area contributed by atoms with E-state index < -0.39 is 5.89 Å². The van der Waals surface area contributed by atoms with Gasteiger partial charge in [0.15, 0.2) is 6.20 Å². The number of fused-ring (bicyclic) bond motifs is 1. The highest BCUT2D eigenvalue weighted by atomic mass is 15.1. The van der Waals surface area contributed by atoms with Crippen LogP contribution in [-0.2, 0) is 7.05 Å². The summed E-state index contributed by atoms with van der Waals surface area (Å²) in [5.41, 5.74) is 8.33. The molecule has 4 aromatic rings. The summed E-state index contributed by atoms with van der Waals surface area (Å²) in [6, 6.07) is 24.4. The van der Waals surface area contributed by atoms with Gasteiger partial charge in [0.25, 0.3) is 0 Å². The molecular formula is C31H35N2+. The summed E-state index contributed by atoms with van der Waals surface area (Å²) in [5.74, 6) is -0.704. The molecule has 1 fully saturated rings. The Labute approximate surface area is 199 Å².